The summed E-state index contributed by atoms with van der Waals surface area (Å²) in [5.74, 6) is 1.55. The van der Waals surface area contributed by atoms with Crippen molar-refractivity contribution in [3.05, 3.63) is 0 Å². The second-order valence-corrected chi connectivity index (χ2v) is 7.50. The van der Waals surface area contributed by atoms with Crippen molar-refractivity contribution in [2.45, 2.75) is 71.0 Å². The Kier molecular flexibility index (Phi) is 5.61. The maximum Gasteiger partial charge on any atom is 0.391 e. The molecule has 0 amide bonds. The Bertz CT molecular complexity index is 320. The van der Waals surface area contributed by atoms with E-state index < -0.39 is 12.1 Å². The first kappa shape index (κ1) is 17.1. The molecule has 0 bridgehead atoms. The lowest BCUT2D eigenvalue weighted by atomic mass is 9.67. The van der Waals surface area contributed by atoms with E-state index in [9.17, 15) is 13.2 Å². The Morgan fingerprint density at radius 1 is 0.857 bits per heavy atom. The largest absolute Gasteiger partial charge is 0.391 e. The molecule has 0 saturated heterocycles. The first-order valence-corrected chi connectivity index (χ1v) is 8.56. The van der Waals surface area contributed by atoms with E-state index >= 15 is 0 Å². The molecule has 0 radical (unpaired) electrons. The Morgan fingerprint density at radius 3 is 1.90 bits per heavy atom. The minimum absolute atomic E-state index is 0.324. The average Bonchev–Trinajstić information content (AvgIpc) is 2.43. The number of halogens is 3. The van der Waals surface area contributed by atoms with E-state index in [2.05, 4.69) is 19.2 Å². The summed E-state index contributed by atoms with van der Waals surface area (Å²) in [5, 5.41) is 3.45. The van der Waals surface area contributed by atoms with Crippen molar-refractivity contribution >= 4 is 0 Å². The molecule has 124 valence electrons. The van der Waals surface area contributed by atoms with Crippen LogP contribution >= 0.6 is 0 Å². The summed E-state index contributed by atoms with van der Waals surface area (Å²) in [5.41, 5.74) is 0. The molecule has 2 aliphatic carbocycles. The van der Waals surface area contributed by atoms with Crippen molar-refractivity contribution in [1.29, 1.82) is 0 Å². The topological polar surface area (TPSA) is 12.0 Å². The predicted octanol–water partition coefficient (Wildman–Crippen LogP) is 5.02. The van der Waals surface area contributed by atoms with Gasteiger partial charge in [0.25, 0.3) is 0 Å². The van der Waals surface area contributed by atoms with Crippen LogP contribution in [0.1, 0.15) is 58.8 Å². The van der Waals surface area contributed by atoms with Gasteiger partial charge in [-0.05, 0) is 69.2 Å². The van der Waals surface area contributed by atoms with E-state index in [1.54, 1.807) is 0 Å². The quantitative estimate of drug-likeness (QED) is 0.772. The van der Waals surface area contributed by atoms with Crippen molar-refractivity contribution in [2.24, 2.45) is 29.6 Å². The Labute approximate surface area is 127 Å². The number of rotatable bonds is 3. The molecular formula is C17H30F3N. The van der Waals surface area contributed by atoms with Gasteiger partial charge in [-0.2, -0.15) is 13.2 Å². The monoisotopic (exact) mass is 305 g/mol. The lowest BCUT2D eigenvalue weighted by molar-refractivity contribution is -0.184. The molecule has 1 nitrogen and oxygen atoms in total. The first-order valence-electron chi connectivity index (χ1n) is 8.56. The Balaban J connectivity index is 1.91. The molecule has 21 heavy (non-hydrogen) atoms. The van der Waals surface area contributed by atoms with E-state index in [1.165, 1.54) is 19.3 Å². The van der Waals surface area contributed by atoms with Gasteiger partial charge in [-0.15, -0.1) is 0 Å². The third kappa shape index (κ3) is 4.14. The number of alkyl halides is 3. The standard InChI is InChI=1S/C17H30F3N/c1-11-4-5-14(10-12(11)2)16(21-3)13-6-8-15(9-7-13)17(18,19)20/h11-16,21H,4-10H2,1-3H3. The molecule has 0 aromatic carbocycles. The van der Waals surface area contributed by atoms with Crippen molar-refractivity contribution in [3.63, 3.8) is 0 Å². The van der Waals surface area contributed by atoms with Gasteiger partial charge in [0.1, 0.15) is 0 Å². The molecule has 0 spiro atoms. The maximum absolute atomic E-state index is 12.8. The van der Waals surface area contributed by atoms with E-state index in [-0.39, 0.29) is 0 Å². The third-order valence-corrected chi connectivity index (χ3v) is 6.22. The van der Waals surface area contributed by atoms with Crippen LogP contribution in [0.4, 0.5) is 13.2 Å². The molecule has 0 aliphatic heterocycles. The smallest absolute Gasteiger partial charge is 0.316 e. The van der Waals surface area contributed by atoms with Crippen molar-refractivity contribution in [2.75, 3.05) is 7.05 Å². The summed E-state index contributed by atoms with van der Waals surface area (Å²) in [6.07, 6.45) is 1.85. The van der Waals surface area contributed by atoms with Crippen LogP contribution in [0.25, 0.3) is 0 Å². The fourth-order valence-electron chi connectivity index (χ4n) is 4.58. The van der Waals surface area contributed by atoms with Gasteiger partial charge < -0.3 is 5.32 Å². The van der Waals surface area contributed by atoms with Crippen LogP contribution in [0.3, 0.4) is 0 Å². The van der Waals surface area contributed by atoms with E-state index in [1.807, 2.05) is 7.05 Å². The van der Waals surface area contributed by atoms with Crippen LogP contribution in [-0.2, 0) is 0 Å². The summed E-state index contributed by atoms with van der Waals surface area (Å²) < 4.78 is 38.4. The zero-order valence-electron chi connectivity index (χ0n) is 13.5. The van der Waals surface area contributed by atoms with Crippen molar-refractivity contribution in [1.82, 2.24) is 5.32 Å². The van der Waals surface area contributed by atoms with E-state index in [0.29, 0.717) is 30.7 Å². The van der Waals surface area contributed by atoms with Crippen LogP contribution in [0, 0.1) is 29.6 Å². The summed E-state index contributed by atoms with van der Waals surface area (Å²) in [4.78, 5) is 0. The molecule has 2 saturated carbocycles. The van der Waals surface area contributed by atoms with Gasteiger partial charge in [0.15, 0.2) is 0 Å². The molecule has 4 heteroatoms. The Morgan fingerprint density at radius 2 is 1.43 bits per heavy atom. The van der Waals surface area contributed by atoms with Gasteiger partial charge >= 0.3 is 6.18 Å². The van der Waals surface area contributed by atoms with Gasteiger partial charge in [-0.3, -0.25) is 0 Å². The van der Waals surface area contributed by atoms with Gasteiger partial charge in [0.05, 0.1) is 5.92 Å². The molecular weight excluding hydrogens is 275 g/mol. The fourth-order valence-corrected chi connectivity index (χ4v) is 4.58. The minimum atomic E-state index is -3.99. The second-order valence-electron chi connectivity index (χ2n) is 7.50. The van der Waals surface area contributed by atoms with Crippen LogP contribution < -0.4 is 5.32 Å². The SMILES string of the molecule is CNC(C1CCC(C(F)(F)F)CC1)C1CCC(C)C(C)C1. The zero-order chi connectivity index (χ0) is 15.6. The Hall–Kier alpha value is -0.250. The summed E-state index contributed by atoms with van der Waals surface area (Å²) in [6.45, 7) is 4.65. The van der Waals surface area contributed by atoms with Gasteiger partial charge in [0, 0.05) is 6.04 Å². The van der Waals surface area contributed by atoms with Crippen molar-refractivity contribution < 1.29 is 13.2 Å². The highest BCUT2D eigenvalue weighted by Crippen LogP contribution is 2.44. The molecule has 2 aliphatic rings. The second kappa shape index (κ2) is 6.89. The van der Waals surface area contributed by atoms with Crippen LogP contribution in [-0.4, -0.2) is 19.3 Å². The van der Waals surface area contributed by atoms with Crippen LogP contribution in [0.2, 0.25) is 0 Å². The molecule has 0 heterocycles. The average molecular weight is 305 g/mol. The lowest BCUT2D eigenvalue weighted by Crippen LogP contribution is -2.45. The summed E-state index contributed by atoms with van der Waals surface area (Å²) in [7, 11) is 1.99. The molecule has 4 unspecified atom stereocenters. The normalized spacial score (nSPS) is 40.0. The molecule has 0 aromatic heterocycles. The summed E-state index contributed by atoms with van der Waals surface area (Å²) >= 11 is 0. The highest BCUT2D eigenvalue weighted by molar-refractivity contribution is 4.90. The molecule has 4 atom stereocenters. The van der Waals surface area contributed by atoms with Crippen LogP contribution in [0.5, 0.6) is 0 Å². The highest BCUT2D eigenvalue weighted by atomic mass is 19.4. The van der Waals surface area contributed by atoms with Gasteiger partial charge in [-0.25, -0.2) is 0 Å². The summed E-state index contributed by atoms with van der Waals surface area (Å²) in [6, 6.07) is 0.411. The first-order chi connectivity index (χ1) is 9.82. The van der Waals surface area contributed by atoms with E-state index in [4.69, 9.17) is 0 Å². The lowest BCUT2D eigenvalue weighted by Gasteiger charge is -2.42. The molecule has 0 aromatic rings. The predicted molar refractivity (Wildman–Crippen MR) is 80.0 cm³/mol. The molecule has 2 rings (SSSR count). The maximum atomic E-state index is 12.8. The van der Waals surface area contributed by atoms with Crippen molar-refractivity contribution in [3.8, 4) is 0 Å². The number of hydrogen-bond donors (Lipinski definition) is 1. The van der Waals surface area contributed by atoms with Gasteiger partial charge in [0.2, 0.25) is 0 Å². The highest BCUT2D eigenvalue weighted by Gasteiger charge is 2.43. The van der Waals surface area contributed by atoms with E-state index in [0.717, 1.165) is 24.7 Å². The molecule has 1 N–H and O–H groups in total. The number of hydrogen-bond acceptors (Lipinski definition) is 1. The van der Waals surface area contributed by atoms with Gasteiger partial charge in [-0.1, -0.05) is 20.3 Å². The third-order valence-electron chi connectivity index (χ3n) is 6.22. The van der Waals surface area contributed by atoms with Crippen LogP contribution in [0.15, 0.2) is 0 Å². The number of nitrogens with one attached hydrogen (secondary N) is 1. The zero-order valence-corrected chi connectivity index (χ0v) is 13.5. The minimum Gasteiger partial charge on any atom is -0.316 e. The fraction of sp³-hybridized carbons (Fsp3) is 1.00. The molecule has 2 fully saturated rings.